The van der Waals surface area contributed by atoms with Gasteiger partial charge in [-0.3, -0.25) is 14.8 Å². The highest BCUT2D eigenvalue weighted by Crippen LogP contribution is 2.29. The van der Waals surface area contributed by atoms with Crippen LogP contribution in [-0.2, 0) is 16.6 Å². The van der Waals surface area contributed by atoms with Crippen molar-refractivity contribution in [3.05, 3.63) is 76.9 Å². The largest absolute Gasteiger partial charge is 0.495 e. The molecule has 0 aliphatic heterocycles. The van der Waals surface area contributed by atoms with Gasteiger partial charge in [-0.2, -0.15) is 5.10 Å². The first-order valence-electron chi connectivity index (χ1n) is 8.13. The molecule has 0 fully saturated rings. The van der Waals surface area contributed by atoms with Crippen LogP contribution in [0.2, 0.25) is 0 Å². The summed E-state index contributed by atoms with van der Waals surface area (Å²) in [7, 11) is -2.85. The van der Waals surface area contributed by atoms with E-state index in [1.807, 2.05) is 6.07 Å². The van der Waals surface area contributed by atoms with Crippen LogP contribution in [-0.4, -0.2) is 35.2 Å². The van der Waals surface area contributed by atoms with Crippen LogP contribution in [0.25, 0.3) is 0 Å². The lowest BCUT2D eigenvalue weighted by Crippen LogP contribution is -2.32. The van der Waals surface area contributed by atoms with Gasteiger partial charge in [-0.1, -0.05) is 30.3 Å². The number of ether oxygens (including phenoxy) is 1. The lowest BCUT2D eigenvalue weighted by molar-refractivity contribution is -0.385. The van der Waals surface area contributed by atoms with Gasteiger partial charge in [0.05, 0.1) is 24.6 Å². The Balaban J connectivity index is 1.99. The second kappa shape index (κ2) is 8.15. The van der Waals surface area contributed by atoms with E-state index in [-0.39, 0.29) is 22.9 Å². The molecule has 0 saturated heterocycles. The lowest BCUT2D eigenvalue weighted by atomic mass is 10.1. The summed E-state index contributed by atoms with van der Waals surface area (Å²) in [6, 6.07) is 11.6. The van der Waals surface area contributed by atoms with Gasteiger partial charge in [-0.05, 0) is 11.6 Å². The molecule has 1 atom stereocenters. The molecule has 0 saturated carbocycles. The second-order valence-corrected chi connectivity index (χ2v) is 7.48. The van der Waals surface area contributed by atoms with Crippen molar-refractivity contribution < 1.29 is 18.1 Å². The summed E-state index contributed by atoms with van der Waals surface area (Å²) in [6.45, 7) is 0.181. The Morgan fingerprint density at radius 1 is 1.25 bits per heavy atom. The van der Waals surface area contributed by atoms with E-state index in [0.717, 1.165) is 6.07 Å². The zero-order valence-electron chi connectivity index (χ0n) is 14.8. The number of methoxy groups -OCH3 is 1. The SMILES string of the molecule is COc1ccc([N+](=O)[O-])cc1S(=O)(=O)NC(Cn1cncn1)c1ccccc1. The van der Waals surface area contributed by atoms with Crippen LogP contribution < -0.4 is 9.46 Å². The van der Waals surface area contributed by atoms with E-state index < -0.39 is 21.0 Å². The molecule has 1 heterocycles. The second-order valence-electron chi connectivity index (χ2n) is 5.79. The smallest absolute Gasteiger partial charge is 0.271 e. The maximum Gasteiger partial charge on any atom is 0.271 e. The summed E-state index contributed by atoms with van der Waals surface area (Å²) in [5.41, 5.74) is 0.347. The number of sulfonamides is 1. The molecule has 0 aliphatic carbocycles. The van der Waals surface area contributed by atoms with Crippen molar-refractivity contribution >= 4 is 15.7 Å². The van der Waals surface area contributed by atoms with Crippen molar-refractivity contribution in [3.63, 3.8) is 0 Å². The fourth-order valence-electron chi connectivity index (χ4n) is 2.65. The molecule has 2 aromatic carbocycles. The molecule has 28 heavy (non-hydrogen) atoms. The zero-order chi connectivity index (χ0) is 20.1. The molecular formula is C17H17N5O5S. The minimum absolute atomic E-state index is 0.00525. The first kappa shape index (κ1) is 19.5. The van der Waals surface area contributed by atoms with Crippen LogP contribution in [0.5, 0.6) is 5.75 Å². The third-order valence-corrected chi connectivity index (χ3v) is 5.48. The van der Waals surface area contributed by atoms with Crippen molar-refractivity contribution in [2.24, 2.45) is 0 Å². The molecule has 0 radical (unpaired) electrons. The molecule has 0 aliphatic rings. The maximum atomic E-state index is 13.0. The molecule has 0 bridgehead atoms. The van der Waals surface area contributed by atoms with Crippen molar-refractivity contribution in [3.8, 4) is 5.75 Å². The number of nitro groups is 1. The standard InChI is InChI=1S/C17H17N5O5S/c1-27-16-8-7-14(22(23)24)9-17(16)28(25,26)20-15(10-21-12-18-11-19-21)13-5-3-2-4-6-13/h2-9,11-12,15,20H,10H2,1H3. The number of hydrogen-bond acceptors (Lipinski definition) is 7. The van der Waals surface area contributed by atoms with E-state index in [0.29, 0.717) is 5.56 Å². The minimum Gasteiger partial charge on any atom is -0.495 e. The first-order valence-corrected chi connectivity index (χ1v) is 9.61. The monoisotopic (exact) mass is 403 g/mol. The van der Waals surface area contributed by atoms with E-state index in [9.17, 15) is 18.5 Å². The predicted molar refractivity (Wildman–Crippen MR) is 99.2 cm³/mol. The van der Waals surface area contributed by atoms with Crippen molar-refractivity contribution in [1.29, 1.82) is 0 Å². The highest BCUT2D eigenvalue weighted by molar-refractivity contribution is 7.89. The molecule has 10 nitrogen and oxygen atoms in total. The molecule has 1 aromatic heterocycles. The molecule has 1 N–H and O–H groups in total. The van der Waals surface area contributed by atoms with Crippen molar-refractivity contribution in [1.82, 2.24) is 19.5 Å². The van der Waals surface area contributed by atoms with Crippen molar-refractivity contribution in [2.45, 2.75) is 17.5 Å². The summed E-state index contributed by atoms with van der Waals surface area (Å²) >= 11 is 0. The molecular weight excluding hydrogens is 386 g/mol. The van der Waals surface area contributed by atoms with E-state index >= 15 is 0 Å². The summed E-state index contributed by atoms with van der Waals surface area (Å²) in [6.07, 6.45) is 2.82. The van der Waals surface area contributed by atoms with E-state index in [1.165, 1.54) is 36.6 Å². The number of rotatable bonds is 8. The zero-order valence-corrected chi connectivity index (χ0v) is 15.6. The van der Waals surface area contributed by atoms with Gasteiger partial charge >= 0.3 is 0 Å². The van der Waals surface area contributed by atoms with E-state index in [1.54, 1.807) is 24.3 Å². The fourth-order valence-corrected chi connectivity index (χ4v) is 4.05. The molecule has 1 unspecified atom stereocenters. The quantitative estimate of drug-likeness (QED) is 0.449. The Kier molecular flexibility index (Phi) is 5.66. The van der Waals surface area contributed by atoms with Gasteiger partial charge in [0.2, 0.25) is 10.0 Å². The van der Waals surface area contributed by atoms with Crippen LogP contribution in [0.4, 0.5) is 5.69 Å². The van der Waals surface area contributed by atoms with Gasteiger partial charge in [-0.15, -0.1) is 0 Å². The predicted octanol–water partition coefficient (Wildman–Crippen LogP) is 1.91. The maximum absolute atomic E-state index is 13.0. The number of nitrogens with one attached hydrogen (secondary N) is 1. The number of nitrogens with zero attached hydrogens (tertiary/aromatic N) is 4. The fraction of sp³-hybridized carbons (Fsp3) is 0.176. The Bertz CT molecular complexity index is 1050. The Labute approximate surface area is 161 Å². The highest BCUT2D eigenvalue weighted by atomic mass is 32.2. The number of non-ortho nitro benzene ring substituents is 1. The number of nitro benzene ring substituents is 1. The van der Waals surface area contributed by atoms with E-state index in [2.05, 4.69) is 14.8 Å². The van der Waals surface area contributed by atoms with E-state index in [4.69, 9.17) is 4.74 Å². The average molecular weight is 403 g/mol. The molecule has 3 rings (SSSR count). The molecule has 3 aromatic rings. The average Bonchev–Trinajstić information content (AvgIpc) is 3.20. The van der Waals surface area contributed by atoms with Gasteiger partial charge in [0.25, 0.3) is 5.69 Å². The van der Waals surface area contributed by atoms with Gasteiger partial charge in [0.1, 0.15) is 23.3 Å². The Hall–Kier alpha value is -3.31. The first-order chi connectivity index (χ1) is 13.4. The Morgan fingerprint density at radius 3 is 2.61 bits per heavy atom. The lowest BCUT2D eigenvalue weighted by Gasteiger charge is -2.20. The summed E-state index contributed by atoms with van der Waals surface area (Å²) in [4.78, 5) is 13.9. The van der Waals surface area contributed by atoms with Crippen LogP contribution in [0, 0.1) is 10.1 Å². The minimum atomic E-state index is -4.15. The normalized spacial score (nSPS) is 12.5. The number of aromatic nitrogens is 3. The number of hydrogen-bond donors (Lipinski definition) is 1. The topological polar surface area (TPSA) is 129 Å². The van der Waals surface area contributed by atoms with Gasteiger partial charge in [0.15, 0.2) is 0 Å². The molecule has 11 heteroatoms. The van der Waals surface area contributed by atoms with Crippen LogP contribution in [0.1, 0.15) is 11.6 Å². The van der Waals surface area contributed by atoms with Crippen LogP contribution in [0.3, 0.4) is 0 Å². The molecule has 0 amide bonds. The summed E-state index contributed by atoms with van der Waals surface area (Å²) in [5, 5.41) is 15.1. The van der Waals surface area contributed by atoms with Crippen LogP contribution in [0.15, 0.2) is 66.1 Å². The summed E-state index contributed by atoms with van der Waals surface area (Å²) in [5.74, 6) is 0.00525. The molecule has 0 spiro atoms. The van der Waals surface area contributed by atoms with Gasteiger partial charge in [0, 0.05) is 12.1 Å². The number of benzene rings is 2. The Morgan fingerprint density at radius 2 is 2.00 bits per heavy atom. The van der Waals surface area contributed by atoms with Gasteiger partial charge in [-0.25, -0.2) is 18.1 Å². The van der Waals surface area contributed by atoms with Crippen LogP contribution >= 0.6 is 0 Å². The highest BCUT2D eigenvalue weighted by Gasteiger charge is 2.27. The van der Waals surface area contributed by atoms with Crippen molar-refractivity contribution in [2.75, 3.05) is 7.11 Å². The molecule has 146 valence electrons. The third kappa shape index (κ3) is 4.32. The van der Waals surface area contributed by atoms with Gasteiger partial charge < -0.3 is 4.74 Å². The third-order valence-electron chi connectivity index (χ3n) is 3.98. The summed E-state index contributed by atoms with van der Waals surface area (Å²) < 4.78 is 35.2.